The van der Waals surface area contributed by atoms with Gasteiger partial charge in [0.2, 0.25) is 0 Å². The smallest absolute Gasteiger partial charge is 0.162 e. The first-order valence-corrected chi connectivity index (χ1v) is 8.22. The summed E-state index contributed by atoms with van der Waals surface area (Å²) < 4.78 is 0. The van der Waals surface area contributed by atoms with Crippen molar-refractivity contribution in [3.8, 4) is 11.4 Å². The van der Waals surface area contributed by atoms with Gasteiger partial charge in [-0.15, -0.1) is 0 Å². The molecular formula is C19H20N4. The quantitative estimate of drug-likeness (QED) is 0.769. The topological polar surface area (TPSA) is 50.7 Å². The standard InChI is InChI=1S/C19H20N4/c1-13(14-6-7-14)12-21-19-16-4-2-3-5-17(16)22-18(23-19)15-8-10-20-11-9-15/h2-5,8-11,13-14H,6-7,12H2,1H3,(H,21,22,23). The van der Waals surface area contributed by atoms with E-state index in [9.17, 15) is 0 Å². The van der Waals surface area contributed by atoms with Crippen molar-refractivity contribution in [3.05, 3.63) is 48.8 Å². The fourth-order valence-corrected chi connectivity index (χ4v) is 2.93. The third-order valence-corrected chi connectivity index (χ3v) is 4.56. The van der Waals surface area contributed by atoms with Crippen LogP contribution in [0, 0.1) is 11.8 Å². The lowest BCUT2D eigenvalue weighted by molar-refractivity contribution is 0.536. The minimum atomic E-state index is 0.688. The third-order valence-electron chi connectivity index (χ3n) is 4.56. The van der Waals surface area contributed by atoms with E-state index in [0.29, 0.717) is 5.92 Å². The van der Waals surface area contributed by atoms with E-state index in [1.165, 1.54) is 12.8 Å². The molecule has 0 spiro atoms. The van der Waals surface area contributed by atoms with Gasteiger partial charge in [0.15, 0.2) is 5.82 Å². The van der Waals surface area contributed by atoms with Crippen LogP contribution in [0.25, 0.3) is 22.3 Å². The molecular weight excluding hydrogens is 284 g/mol. The second-order valence-corrected chi connectivity index (χ2v) is 6.34. The number of rotatable bonds is 5. The van der Waals surface area contributed by atoms with E-state index in [4.69, 9.17) is 9.97 Å². The van der Waals surface area contributed by atoms with Crippen LogP contribution in [-0.2, 0) is 0 Å². The van der Waals surface area contributed by atoms with E-state index in [-0.39, 0.29) is 0 Å². The molecule has 4 rings (SSSR count). The van der Waals surface area contributed by atoms with Crippen LogP contribution in [0.4, 0.5) is 5.82 Å². The van der Waals surface area contributed by atoms with Crippen LogP contribution < -0.4 is 5.32 Å². The van der Waals surface area contributed by atoms with E-state index in [1.807, 2.05) is 30.3 Å². The normalized spacial score (nSPS) is 15.5. The molecule has 2 aromatic heterocycles. The number of anilines is 1. The molecule has 0 bridgehead atoms. The van der Waals surface area contributed by atoms with E-state index in [2.05, 4.69) is 23.3 Å². The Hall–Kier alpha value is -2.49. The molecule has 1 aliphatic carbocycles. The van der Waals surface area contributed by atoms with E-state index < -0.39 is 0 Å². The SMILES string of the molecule is CC(CNc1nc(-c2ccncc2)nc2ccccc12)C1CC1. The molecule has 2 heterocycles. The van der Waals surface area contributed by atoms with Crippen LogP contribution in [0.15, 0.2) is 48.8 Å². The van der Waals surface area contributed by atoms with Crippen molar-refractivity contribution in [1.82, 2.24) is 15.0 Å². The number of para-hydroxylation sites is 1. The summed E-state index contributed by atoms with van der Waals surface area (Å²) in [6, 6.07) is 12.1. The first-order valence-electron chi connectivity index (χ1n) is 8.22. The molecule has 116 valence electrons. The molecule has 1 aliphatic rings. The molecule has 0 amide bonds. The molecule has 3 aromatic rings. The number of pyridine rings is 1. The van der Waals surface area contributed by atoms with Gasteiger partial charge in [0.1, 0.15) is 5.82 Å². The van der Waals surface area contributed by atoms with Crippen LogP contribution in [0.2, 0.25) is 0 Å². The number of nitrogens with one attached hydrogen (secondary N) is 1. The van der Waals surface area contributed by atoms with Crippen molar-refractivity contribution in [1.29, 1.82) is 0 Å². The molecule has 1 N–H and O–H groups in total. The van der Waals surface area contributed by atoms with Gasteiger partial charge >= 0.3 is 0 Å². The van der Waals surface area contributed by atoms with Crippen LogP contribution in [-0.4, -0.2) is 21.5 Å². The highest BCUT2D eigenvalue weighted by Gasteiger charge is 2.27. The summed E-state index contributed by atoms with van der Waals surface area (Å²) in [5.74, 6) is 3.24. The van der Waals surface area contributed by atoms with Crippen LogP contribution in [0.3, 0.4) is 0 Å². The summed E-state index contributed by atoms with van der Waals surface area (Å²) >= 11 is 0. The minimum Gasteiger partial charge on any atom is -0.369 e. The maximum Gasteiger partial charge on any atom is 0.162 e. The molecule has 1 unspecified atom stereocenters. The average Bonchev–Trinajstić information content (AvgIpc) is 3.45. The number of fused-ring (bicyclic) bond motifs is 1. The molecule has 0 radical (unpaired) electrons. The fraction of sp³-hybridized carbons (Fsp3) is 0.316. The zero-order chi connectivity index (χ0) is 15.6. The Bertz CT molecular complexity index is 812. The van der Waals surface area contributed by atoms with Gasteiger partial charge in [-0.3, -0.25) is 4.98 Å². The lowest BCUT2D eigenvalue weighted by Gasteiger charge is -2.14. The third kappa shape index (κ3) is 3.02. The van der Waals surface area contributed by atoms with Gasteiger partial charge in [0.25, 0.3) is 0 Å². The van der Waals surface area contributed by atoms with Crippen molar-refractivity contribution < 1.29 is 0 Å². The molecule has 1 aromatic carbocycles. The number of hydrogen-bond donors (Lipinski definition) is 1. The van der Waals surface area contributed by atoms with Crippen molar-refractivity contribution >= 4 is 16.7 Å². The van der Waals surface area contributed by atoms with Gasteiger partial charge in [0.05, 0.1) is 5.52 Å². The predicted octanol–water partition coefficient (Wildman–Crippen LogP) is 4.15. The predicted molar refractivity (Wildman–Crippen MR) is 93.1 cm³/mol. The van der Waals surface area contributed by atoms with Crippen LogP contribution >= 0.6 is 0 Å². The molecule has 1 saturated carbocycles. The Morgan fingerprint density at radius 2 is 1.87 bits per heavy atom. The zero-order valence-corrected chi connectivity index (χ0v) is 13.2. The minimum absolute atomic E-state index is 0.688. The molecule has 4 nitrogen and oxygen atoms in total. The van der Waals surface area contributed by atoms with Crippen LogP contribution in [0.5, 0.6) is 0 Å². The second-order valence-electron chi connectivity index (χ2n) is 6.34. The number of benzene rings is 1. The lowest BCUT2D eigenvalue weighted by Crippen LogP contribution is -2.14. The van der Waals surface area contributed by atoms with E-state index in [0.717, 1.165) is 40.6 Å². The zero-order valence-electron chi connectivity index (χ0n) is 13.2. The van der Waals surface area contributed by atoms with Crippen molar-refractivity contribution in [2.45, 2.75) is 19.8 Å². The van der Waals surface area contributed by atoms with Crippen LogP contribution in [0.1, 0.15) is 19.8 Å². The maximum absolute atomic E-state index is 4.77. The molecule has 0 saturated heterocycles. The number of nitrogens with zero attached hydrogens (tertiary/aromatic N) is 3. The van der Waals surface area contributed by atoms with E-state index >= 15 is 0 Å². The van der Waals surface area contributed by atoms with Gasteiger partial charge in [0, 0.05) is 29.9 Å². The molecule has 4 heteroatoms. The Kier molecular flexibility index (Phi) is 3.66. The first kappa shape index (κ1) is 14.1. The largest absolute Gasteiger partial charge is 0.369 e. The fourth-order valence-electron chi connectivity index (χ4n) is 2.93. The Labute approximate surface area is 136 Å². The second kappa shape index (κ2) is 5.95. The summed E-state index contributed by atoms with van der Waals surface area (Å²) in [5.41, 5.74) is 1.96. The number of hydrogen-bond acceptors (Lipinski definition) is 4. The Balaban J connectivity index is 1.71. The highest BCUT2D eigenvalue weighted by Crippen LogP contribution is 2.36. The maximum atomic E-state index is 4.77. The molecule has 1 atom stereocenters. The van der Waals surface area contributed by atoms with Gasteiger partial charge in [-0.25, -0.2) is 9.97 Å². The summed E-state index contributed by atoms with van der Waals surface area (Å²) in [5, 5.41) is 4.63. The van der Waals surface area contributed by atoms with Gasteiger partial charge in [-0.2, -0.15) is 0 Å². The highest BCUT2D eigenvalue weighted by molar-refractivity contribution is 5.90. The summed E-state index contributed by atoms with van der Waals surface area (Å²) in [7, 11) is 0. The van der Waals surface area contributed by atoms with Gasteiger partial charge in [-0.1, -0.05) is 19.1 Å². The van der Waals surface area contributed by atoms with Gasteiger partial charge in [-0.05, 0) is 48.9 Å². The molecule has 23 heavy (non-hydrogen) atoms. The lowest BCUT2D eigenvalue weighted by atomic mass is 10.1. The highest BCUT2D eigenvalue weighted by atomic mass is 15.0. The van der Waals surface area contributed by atoms with Crippen molar-refractivity contribution in [3.63, 3.8) is 0 Å². The van der Waals surface area contributed by atoms with Crippen molar-refractivity contribution in [2.75, 3.05) is 11.9 Å². The molecule has 0 aliphatic heterocycles. The summed E-state index contributed by atoms with van der Waals surface area (Å²) in [6.07, 6.45) is 6.29. The Morgan fingerprint density at radius 3 is 2.65 bits per heavy atom. The average molecular weight is 304 g/mol. The van der Waals surface area contributed by atoms with Gasteiger partial charge < -0.3 is 5.32 Å². The number of aromatic nitrogens is 3. The van der Waals surface area contributed by atoms with E-state index in [1.54, 1.807) is 12.4 Å². The summed E-state index contributed by atoms with van der Waals surface area (Å²) in [6.45, 7) is 3.28. The molecule has 1 fully saturated rings. The Morgan fingerprint density at radius 1 is 1.09 bits per heavy atom. The monoisotopic (exact) mass is 304 g/mol. The van der Waals surface area contributed by atoms with Crippen molar-refractivity contribution in [2.24, 2.45) is 11.8 Å². The first-order chi connectivity index (χ1) is 11.3. The summed E-state index contributed by atoms with van der Waals surface area (Å²) in [4.78, 5) is 13.5.